The lowest BCUT2D eigenvalue weighted by Gasteiger charge is -2.22. The lowest BCUT2D eigenvalue weighted by Crippen LogP contribution is -2.09. The Hall–Kier alpha value is -5.83. The van der Waals surface area contributed by atoms with E-state index in [0.29, 0.717) is 17.2 Å². The molecule has 0 aromatic heterocycles. The van der Waals surface area contributed by atoms with Gasteiger partial charge in [-0.1, -0.05) is 182 Å². The van der Waals surface area contributed by atoms with Crippen LogP contribution in [0.5, 0.6) is 17.2 Å². The highest BCUT2D eigenvalue weighted by molar-refractivity contribution is 7.49. The zero-order chi connectivity index (χ0) is 32.2. The van der Waals surface area contributed by atoms with E-state index in [1.165, 1.54) is 0 Å². The van der Waals surface area contributed by atoms with Crippen LogP contribution in [0.3, 0.4) is 0 Å². The topological polar surface area (TPSA) is 44.8 Å². The number of rotatable bonds is 12. The third-order valence-electron chi connectivity index (χ3n) is 7.15. The van der Waals surface area contributed by atoms with E-state index in [4.69, 9.17) is 13.6 Å². The molecular weight excluding hydrogens is 599 g/mol. The second-order valence-electron chi connectivity index (χ2n) is 10.6. The predicted molar refractivity (Wildman–Crippen MR) is 195 cm³/mol. The molecule has 0 saturated carbocycles. The van der Waals surface area contributed by atoms with Crippen molar-refractivity contribution in [3.05, 3.63) is 197 Å². The van der Waals surface area contributed by atoms with Crippen LogP contribution in [0.25, 0.3) is 36.5 Å². The average molecular weight is 633 g/mol. The van der Waals surface area contributed by atoms with Gasteiger partial charge >= 0.3 is 7.82 Å². The number of phosphoric ester groups is 1. The minimum absolute atomic E-state index is 0.359. The normalized spacial score (nSPS) is 11.7. The zero-order valence-corrected chi connectivity index (χ0v) is 26.5. The monoisotopic (exact) mass is 632 g/mol. The maximum absolute atomic E-state index is 14.9. The Morgan fingerprint density at radius 2 is 0.574 bits per heavy atom. The molecule has 0 bridgehead atoms. The smallest absolute Gasteiger partial charge is 0.385 e. The Kier molecular flexibility index (Phi) is 10.2. The SMILES string of the molecule is O=P(Oc1ccccc1/C=C/c1ccccc1)(Oc1ccccc1/C=C/c1ccccc1)Oc1ccccc1/C=C/c1ccccc1. The molecule has 0 N–H and O–H groups in total. The minimum atomic E-state index is -4.35. The second-order valence-corrected chi connectivity index (χ2v) is 12.0. The Labute approximate surface area is 276 Å². The van der Waals surface area contributed by atoms with Crippen LogP contribution >= 0.6 is 7.82 Å². The van der Waals surface area contributed by atoms with Crippen LogP contribution in [-0.4, -0.2) is 0 Å². The predicted octanol–water partition coefficient (Wildman–Crippen LogP) is 11.8. The summed E-state index contributed by atoms with van der Waals surface area (Å²) in [5.41, 5.74) is 5.23. The van der Waals surface area contributed by atoms with Crippen molar-refractivity contribution in [2.24, 2.45) is 0 Å². The molecule has 47 heavy (non-hydrogen) atoms. The fraction of sp³-hybridized carbons (Fsp3) is 0. The molecule has 6 rings (SSSR count). The molecule has 0 fully saturated rings. The summed E-state index contributed by atoms with van der Waals surface area (Å²) in [6.07, 6.45) is 11.7. The fourth-order valence-electron chi connectivity index (χ4n) is 4.77. The summed E-state index contributed by atoms with van der Waals surface area (Å²) in [4.78, 5) is 0. The molecule has 0 heterocycles. The average Bonchev–Trinajstić information content (AvgIpc) is 3.12. The zero-order valence-electron chi connectivity index (χ0n) is 25.6. The third kappa shape index (κ3) is 8.88. The van der Waals surface area contributed by atoms with Gasteiger partial charge in [0.1, 0.15) is 17.2 Å². The number of phosphoric acid groups is 1. The summed E-state index contributed by atoms with van der Waals surface area (Å²) in [5, 5.41) is 0. The van der Waals surface area contributed by atoms with Gasteiger partial charge in [-0.2, -0.15) is 4.57 Å². The van der Waals surface area contributed by atoms with Crippen molar-refractivity contribution < 1.29 is 18.1 Å². The van der Waals surface area contributed by atoms with E-state index in [9.17, 15) is 4.57 Å². The molecule has 0 radical (unpaired) electrons. The number of hydrogen-bond acceptors (Lipinski definition) is 4. The molecule has 0 aliphatic heterocycles. The van der Waals surface area contributed by atoms with E-state index in [1.54, 1.807) is 18.2 Å². The van der Waals surface area contributed by atoms with Gasteiger partial charge in [0.2, 0.25) is 0 Å². The first-order valence-corrected chi connectivity index (χ1v) is 16.7. The summed E-state index contributed by atoms with van der Waals surface area (Å²) in [6, 6.07) is 52.0. The molecule has 0 amide bonds. The Bertz CT molecular complexity index is 1800. The van der Waals surface area contributed by atoms with Crippen LogP contribution in [0.2, 0.25) is 0 Å². The van der Waals surface area contributed by atoms with E-state index in [2.05, 4.69) is 0 Å². The molecule has 6 aromatic carbocycles. The van der Waals surface area contributed by atoms with Gasteiger partial charge in [-0.3, -0.25) is 0 Å². The number of para-hydroxylation sites is 3. The number of benzene rings is 6. The molecule has 6 aromatic rings. The maximum Gasteiger partial charge on any atom is 0.647 e. The van der Waals surface area contributed by atoms with E-state index >= 15 is 0 Å². The van der Waals surface area contributed by atoms with Crippen molar-refractivity contribution in [2.75, 3.05) is 0 Å². The van der Waals surface area contributed by atoms with Crippen LogP contribution in [-0.2, 0) is 4.57 Å². The summed E-state index contributed by atoms with van der Waals surface area (Å²) >= 11 is 0. The Morgan fingerprint density at radius 3 is 0.872 bits per heavy atom. The molecular formula is C42H33O4P. The highest BCUT2D eigenvalue weighted by atomic mass is 31.2. The summed E-state index contributed by atoms with van der Waals surface area (Å²) in [5.74, 6) is 1.08. The van der Waals surface area contributed by atoms with Crippen molar-refractivity contribution in [3.8, 4) is 17.2 Å². The van der Waals surface area contributed by atoms with Crippen molar-refractivity contribution >= 4 is 44.3 Å². The lowest BCUT2D eigenvalue weighted by atomic mass is 10.1. The highest BCUT2D eigenvalue weighted by Crippen LogP contribution is 2.52. The van der Waals surface area contributed by atoms with Gasteiger partial charge in [0, 0.05) is 16.7 Å². The van der Waals surface area contributed by atoms with Crippen LogP contribution in [0, 0.1) is 0 Å². The first-order valence-electron chi connectivity index (χ1n) is 15.3. The standard InChI is InChI=1S/C42H33O4P/c43-47(44-40-25-13-10-22-37(40)31-28-34-16-4-1-5-17-34,45-41-26-14-11-23-38(41)32-29-35-18-6-2-7-19-35)46-42-27-15-12-24-39(42)33-30-36-20-8-3-9-21-36/h1-33H/b31-28+,32-29+,33-30+. The molecule has 0 aliphatic rings. The molecule has 0 saturated heterocycles. The maximum atomic E-state index is 14.9. The third-order valence-corrected chi connectivity index (χ3v) is 8.41. The van der Waals surface area contributed by atoms with Crippen LogP contribution in [0.1, 0.15) is 33.4 Å². The van der Waals surface area contributed by atoms with Crippen molar-refractivity contribution in [2.45, 2.75) is 0 Å². The van der Waals surface area contributed by atoms with Gasteiger partial charge in [-0.05, 0) is 34.9 Å². The molecule has 4 nitrogen and oxygen atoms in total. The van der Waals surface area contributed by atoms with Crippen LogP contribution in [0.15, 0.2) is 164 Å². The first-order chi connectivity index (χ1) is 23.1. The van der Waals surface area contributed by atoms with Crippen molar-refractivity contribution in [3.63, 3.8) is 0 Å². The minimum Gasteiger partial charge on any atom is -0.385 e. The molecule has 0 atom stereocenters. The van der Waals surface area contributed by atoms with E-state index in [1.807, 2.05) is 182 Å². The molecule has 0 aliphatic carbocycles. The van der Waals surface area contributed by atoms with Crippen molar-refractivity contribution in [1.29, 1.82) is 0 Å². The lowest BCUT2D eigenvalue weighted by molar-refractivity contribution is 0.298. The van der Waals surface area contributed by atoms with E-state index in [-0.39, 0.29) is 0 Å². The van der Waals surface area contributed by atoms with Crippen LogP contribution < -0.4 is 13.6 Å². The van der Waals surface area contributed by atoms with E-state index < -0.39 is 7.82 Å². The highest BCUT2D eigenvalue weighted by Gasteiger charge is 2.35. The first kappa shape index (κ1) is 31.2. The summed E-state index contributed by atoms with van der Waals surface area (Å²) in [7, 11) is -4.35. The summed E-state index contributed by atoms with van der Waals surface area (Å²) < 4.78 is 33.7. The van der Waals surface area contributed by atoms with Gasteiger partial charge in [-0.25, -0.2) is 0 Å². The fourth-order valence-corrected chi connectivity index (χ4v) is 6.11. The van der Waals surface area contributed by atoms with E-state index in [0.717, 1.165) is 33.4 Å². The Balaban J connectivity index is 1.36. The van der Waals surface area contributed by atoms with Gasteiger partial charge < -0.3 is 13.6 Å². The molecule has 230 valence electrons. The molecule has 5 heteroatoms. The molecule has 0 unspecified atom stereocenters. The quantitative estimate of drug-likeness (QED) is 0.0995. The Morgan fingerprint density at radius 1 is 0.319 bits per heavy atom. The van der Waals surface area contributed by atoms with Gasteiger partial charge in [-0.15, -0.1) is 0 Å². The van der Waals surface area contributed by atoms with Gasteiger partial charge in [0.25, 0.3) is 0 Å². The van der Waals surface area contributed by atoms with Crippen molar-refractivity contribution in [1.82, 2.24) is 0 Å². The van der Waals surface area contributed by atoms with Gasteiger partial charge in [0.05, 0.1) is 0 Å². The van der Waals surface area contributed by atoms with Gasteiger partial charge in [0.15, 0.2) is 0 Å². The number of hydrogen-bond donors (Lipinski definition) is 0. The largest absolute Gasteiger partial charge is 0.647 e. The summed E-state index contributed by atoms with van der Waals surface area (Å²) in [6.45, 7) is 0. The van der Waals surface area contributed by atoms with Crippen LogP contribution in [0.4, 0.5) is 0 Å². The molecule has 0 spiro atoms. The second kappa shape index (κ2) is 15.4.